The number of hydrogen-bond acceptors (Lipinski definition) is 7. The predicted molar refractivity (Wildman–Crippen MR) is 144 cm³/mol. The van der Waals surface area contributed by atoms with Crippen LogP contribution in [-0.2, 0) is 27.5 Å². The van der Waals surface area contributed by atoms with E-state index in [0.717, 1.165) is 31.6 Å². The highest BCUT2D eigenvalue weighted by Crippen LogP contribution is 2.30. The molecule has 1 unspecified atom stereocenters. The lowest BCUT2D eigenvalue weighted by Crippen LogP contribution is -2.51. The number of nitrogens with one attached hydrogen (secondary N) is 2. The van der Waals surface area contributed by atoms with E-state index in [2.05, 4.69) is 30.8 Å². The van der Waals surface area contributed by atoms with E-state index < -0.39 is 29.6 Å². The van der Waals surface area contributed by atoms with Crippen LogP contribution >= 0.6 is 0 Å². The number of amides is 3. The van der Waals surface area contributed by atoms with E-state index in [9.17, 15) is 18.8 Å². The van der Waals surface area contributed by atoms with Crippen LogP contribution in [0.2, 0.25) is 0 Å². The third-order valence-electron chi connectivity index (χ3n) is 7.52. The third kappa shape index (κ3) is 5.80. The summed E-state index contributed by atoms with van der Waals surface area (Å²) in [6, 6.07) is 8.36. The number of benzene rings is 1. The summed E-state index contributed by atoms with van der Waals surface area (Å²) in [6.07, 6.45) is 5.12. The van der Waals surface area contributed by atoms with Crippen molar-refractivity contribution in [2.75, 3.05) is 24.5 Å². The summed E-state index contributed by atoms with van der Waals surface area (Å²) < 4.78 is 15.3. The highest BCUT2D eigenvalue weighted by molar-refractivity contribution is 5.90. The zero-order chi connectivity index (χ0) is 28.2. The Morgan fingerprint density at radius 1 is 1.07 bits per heavy atom. The molecule has 0 radical (unpaired) electrons. The Balaban J connectivity index is 1.33. The van der Waals surface area contributed by atoms with E-state index in [4.69, 9.17) is 0 Å². The monoisotopic (exact) mass is 548 g/mol. The topological polar surface area (TPSA) is 125 Å². The first kappa shape index (κ1) is 27.2. The molecule has 210 valence electrons. The summed E-state index contributed by atoms with van der Waals surface area (Å²) in [7, 11) is 0. The Bertz CT molecular complexity index is 1360. The molecule has 0 saturated carbocycles. The molecule has 12 heteroatoms. The molecule has 2 aromatic heterocycles. The molecule has 4 heterocycles. The van der Waals surface area contributed by atoms with Gasteiger partial charge < -0.3 is 20.4 Å². The van der Waals surface area contributed by atoms with Crippen molar-refractivity contribution in [3.05, 3.63) is 71.6 Å². The summed E-state index contributed by atoms with van der Waals surface area (Å²) >= 11 is 0. The van der Waals surface area contributed by atoms with Gasteiger partial charge in [0.1, 0.15) is 17.6 Å². The van der Waals surface area contributed by atoms with Crippen molar-refractivity contribution in [2.45, 2.75) is 57.8 Å². The maximum Gasteiger partial charge on any atom is 0.250 e. The van der Waals surface area contributed by atoms with Gasteiger partial charge in [-0.05, 0) is 49.6 Å². The molecule has 1 fully saturated rings. The molecule has 2 aliphatic heterocycles. The quantitative estimate of drug-likeness (QED) is 0.462. The Labute approximate surface area is 231 Å². The number of rotatable bonds is 7. The lowest BCUT2D eigenvalue weighted by atomic mass is 9.94. The number of aromatic nitrogens is 4. The molecule has 1 saturated heterocycles. The van der Waals surface area contributed by atoms with E-state index in [0.29, 0.717) is 23.5 Å². The zero-order valence-electron chi connectivity index (χ0n) is 22.6. The Morgan fingerprint density at radius 3 is 2.42 bits per heavy atom. The second-order valence-corrected chi connectivity index (χ2v) is 10.2. The molecule has 2 atom stereocenters. The number of aryl methyl sites for hydroxylation is 1. The SMILES string of the molecule is CCn1nnc2c1C(C(=O)NC1CCN(c3ccncc3)CC1)CN(C(=O)[C@@H](NC(C)=O)c1ccc(F)cc1)C2. The Hall–Kier alpha value is -4.35. The van der Waals surface area contributed by atoms with Crippen molar-refractivity contribution in [1.82, 2.24) is 35.5 Å². The molecular formula is C28H33FN8O3. The number of fused-ring (bicyclic) bond motifs is 1. The van der Waals surface area contributed by atoms with E-state index in [-0.39, 0.29) is 25.0 Å². The molecule has 1 aromatic carbocycles. The summed E-state index contributed by atoms with van der Waals surface area (Å²) in [5, 5.41) is 14.4. The zero-order valence-corrected chi connectivity index (χ0v) is 22.6. The number of carbonyl (C=O) groups is 3. The number of nitrogens with zero attached hydrogens (tertiary/aromatic N) is 6. The average molecular weight is 549 g/mol. The molecule has 5 rings (SSSR count). The van der Waals surface area contributed by atoms with Crippen molar-refractivity contribution in [2.24, 2.45) is 0 Å². The standard InChI is InChI=1S/C28H33FN8O3/c1-3-37-26-23(27(39)32-21-10-14-35(15-11-21)22-8-12-30-13-9-22)16-36(17-24(26)33-34-37)28(40)25(31-18(2)38)19-4-6-20(29)7-5-19/h4-9,12-13,21,23,25H,3,10-11,14-17H2,1-2H3,(H,31,38)(H,32,39)/t23?,25-/m0/s1. The van der Waals surface area contributed by atoms with Crippen LogP contribution in [0.4, 0.5) is 10.1 Å². The number of piperidine rings is 1. The van der Waals surface area contributed by atoms with E-state index in [1.165, 1.54) is 36.1 Å². The van der Waals surface area contributed by atoms with E-state index in [1.807, 2.05) is 19.1 Å². The van der Waals surface area contributed by atoms with Crippen LogP contribution in [0.3, 0.4) is 0 Å². The van der Waals surface area contributed by atoms with Gasteiger partial charge in [0.05, 0.1) is 18.2 Å². The summed E-state index contributed by atoms with van der Waals surface area (Å²) in [5.41, 5.74) is 2.82. The second kappa shape index (κ2) is 11.8. The average Bonchev–Trinajstić information content (AvgIpc) is 3.39. The summed E-state index contributed by atoms with van der Waals surface area (Å²) in [5.74, 6) is -2.10. The van der Waals surface area contributed by atoms with E-state index >= 15 is 0 Å². The van der Waals surface area contributed by atoms with Crippen LogP contribution in [-0.4, -0.2) is 68.3 Å². The van der Waals surface area contributed by atoms with Gasteiger partial charge in [-0.3, -0.25) is 19.4 Å². The van der Waals surface area contributed by atoms with Gasteiger partial charge in [0.2, 0.25) is 17.7 Å². The Kier molecular flexibility index (Phi) is 8.04. The summed E-state index contributed by atoms with van der Waals surface area (Å²) in [6.45, 7) is 5.66. The van der Waals surface area contributed by atoms with Crippen LogP contribution < -0.4 is 15.5 Å². The van der Waals surface area contributed by atoms with Crippen molar-refractivity contribution in [1.29, 1.82) is 0 Å². The number of carbonyl (C=O) groups excluding carboxylic acids is 3. The fourth-order valence-corrected chi connectivity index (χ4v) is 5.48. The van der Waals surface area contributed by atoms with Gasteiger partial charge in [0.25, 0.3) is 0 Å². The van der Waals surface area contributed by atoms with Gasteiger partial charge >= 0.3 is 0 Å². The number of hydrogen-bond donors (Lipinski definition) is 2. The molecule has 2 N–H and O–H groups in total. The molecule has 0 bridgehead atoms. The molecule has 0 spiro atoms. The maximum absolute atomic E-state index is 13.8. The first-order valence-corrected chi connectivity index (χ1v) is 13.5. The van der Waals surface area contributed by atoms with Crippen LogP contribution in [0.5, 0.6) is 0 Å². The van der Waals surface area contributed by atoms with E-state index in [1.54, 1.807) is 17.1 Å². The van der Waals surface area contributed by atoms with Gasteiger partial charge in [-0.15, -0.1) is 5.10 Å². The largest absolute Gasteiger partial charge is 0.371 e. The lowest BCUT2D eigenvalue weighted by molar-refractivity contribution is -0.138. The number of halogens is 1. The molecule has 11 nitrogen and oxygen atoms in total. The van der Waals surface area contributed by atoms with Crippen molar-refractivity contribution < 1.29 is 18.8 Å². The molecule has 40 heavy (non-hydrogen) atoms. The first-order chi connectivity index (χ1) is 19.3. The van der Waals surface area contributed by atoms with Gasteiger partial charge in [-0.25, -0.2) is 9.07 Å². The first-order valence-electron chi connectivity index (χ1n) is 13.5. The van der Waals surface area contributed by atoms with Crippen molar-refractivity contribution >= 4 is 23.4 Å². The van der Waals surface area contributed by atoms with Crippen LogP contribution in [0.1, 0.15) is 55.6 Å². The van der Waals surface area contributed by atoms with Gasteiger partial charge in [0, 0.05) is 57.2 Å². The van der Waals surface area contributed by atoms with Crippen LogP contribution in [0, 0.1) is 5.82 Å². The number of pyridine rings is 1. The van der Waals surface area contributed by atoms with Crippen LogP contribution in [0.25, 0.3) is 0 Å². The fraction of sp³-hybridized carbons (Fsp3) is 0.429. The van der Waals surface area contributed by atoms with Crippen molar-refractivity contribution in [3.8, 4) is 0 Å². The van der Waals surface area contributed by atoms with Crippen LogP contribution in [0.15, 0.2) is 48.8 Å². The van der Waals surface area contributed by atoms with Crippen molar-refractivity contribution in [3.63, 3.8) is 0 Å². The third-order valence-corrected chi connectivity index (χ3v) is 7.52. The molecule has 3 aromatic rings. The predicted octanol–water partition coefficient (Wildman–Crippen LogP) is 1.92. The molecular weight excluding hydrogens is 515 g/mol. The van der Waals surface area contributed by atoms with Gasteiger partial charge in [-0.2, -0.15) is 0 Å². The summed E-state index contributed by atoms with van der Waals surface area (Å²) in [4.78, 5) is 47.3. The Morgan fingerprint density at radius 2 is 1.77 bits per heavy atom. The maximum atomic E-state index is 13.8. The highest BCUT2D eigenvalue weighted by Gasteiger charge is 2.40. The molecule has 0 aliphatic carbocycles. The smallest absolute Gasteiger partial charge is 0.250 e. The minimum atomic E-state index is -1.03. The second-order valence-electron chi connectivity index (χ2n) is 10.2. The highest BCUT2D eigenvalue weighted by atomic mass is 19.1. The number of anilines is 1. The molecule has 2 aliphatic rings. The minimum Gasteiger partial charge on any atom is -0.371 e. The minimum absolute atomic E-state index is 0.00239. The van der Waals surface area contributed by atoms with Gasteiger partial charge in [0.15, 0.2) is 0 Å². The lowest BCUT2D eigenvalue weighted by Gasteiger charge is -2.37. The molecule has 3 amide bonds. The fourth-order valence-electron chi connectivity index (χ4n) is 5.48. The van der Waals surface area contributed by atoms with Gasteiger partial charge in [-0.1, -0.05) is 17.3 Å². The normalized spacial score (nSPS) is 18.1.